The molecule has 0 aromatic heterocycles. The van der Waals surface area contributed by atoms with E-state index in [-0.39, 0.29) is 12.0 Å². The molecule has 0 heterocycles. The third kappa shape index (κ3) is 4.84. The van der Waals surface area contributed by atoms with Gasteiger partial charge in [0.05, 0.1) is 18.3 Å². The summed E-state index contributed by atoms with van der Waals surface area (Å²) in [5.41, 5.74) is 3.59. The van der Waals surface area contributed by atoms with Gasteiger partial charge in [0, 0.05) is 6.42 Å². The van der Waals surface area contributed by atoms with Gasteiger partial charge in [-0.05, 0) is 78.8 Å². The Balaban J connectivity index is 1.76. The molecule has 7 atom stereocenters. The molecule has 3 fully saturated rings. The second-order valence-corrected chi connectivity index (χ2v) is 10.6. The van der Waals surface area contributed by atoms with Gasteiger partial charge in [-0.25, -0.2) is 0 Å². The van der Waals surface area contributed by atoms with E-state index >= 15 is 0 Å². The molecule has 3 aliphatic carbocycles. The van der Waals surface area contributed by atoms with Gasteiger partial charge in [0.25, 0.3) is 0 Å². The van der Waals surface area contributed by atoms with Crippen LogP contribution in [-0.2, 0) is 0 Å². The maximum atomic E-state index is 10.2. The molecule has 0 saturated heterocycles. The molecule has 168 valence electrons. The van der Waals surface area contributed by atoms with Crippen LogP contribution in [0.15, 0.2) is 47.6 Å². The molecular formula is C27H42O3. The molecule has 3 rings (SSSR count). The average molecular weight is 415 g/mol. The number of aliphatic hydroxyl groups excluding tert-OH is 3. The Morgan fingerprint density at radius 3 is 2.53 bits per heavy atom. The van der Waals surface area contributed by atoms with Gasteiger partial charge < -0.3 is 15.3 Å². The average Bonchev–Trinajstić information content (AvgIpc) is 3.04. The molecule has 0 spiro atoms. The minimum atomic E-state index is -0.625. The molecule has 0 radical (unpaired) electrons. The lowest BCUT2D eigenvalue weighted by Crippen LogP contribution is -2.35. The molecule has 3 unspecified atom stereocenters. The van der Waals surface area contributed by atoms with Crippen molar-refractivity contribution in [3.63, 3.8) is 0 Å². The summed E-state index contributed by atoms with van der Waals surface area (Å²) in [4.78, 5) is 0. The molecule has 0 aromatic carbocycles. The van der Waals surface area contributed by atoms with E-state index in [0.717, 1.165) is 17.6 Å². The van der Waals surface area contributed by atoms with E-state index in [4.69, 9.17) is 0 Å². The molecule has 0 aromatic rings. The van der Waals surface area contributed by atoms with E-state index in [1.165, 1.54) is 31.3 Å². The fourth-order valence-electron chi connectivity index (χ4n) is 6.25. The quantitative estimate of drug-likeness (QED) is 0.532. The molecule has 3 N–H and O–H groups in total. The molecule has 3 saturated carbocycles. The normalized spacial score (nSPS) is 39.8. The fraction of sp³-hybridized carbons (Fsp3) is 0.704. The van der Waals surface area contributed by atoms with E-state index in [9.17, 15) is 15.3 Å². The van der Waals surface area contributed by atoms with E-state index in [0.29, 0.717) is 36.0 Å². The predicted molar refractivity (Wildman–Crippen MR) is 124 cm³/mol. The van der Waals surface area contributed by atoms with Crippen molar-refractivity contribution in [1.82, 2.24) is 0 Å². The van der Waals surface area contributed by atoms with Crippen LogP contribution < -0.4 is 0 Å². The highest BCUT2D eigenvalue weighted by Crippen LogP contribution is 2.59. The summed E-state index contributed by atoms with van der Waals surface area (Å²) >= 11 is 0. The van der Waals surface area contributed by atoms with E-state index in [2.05, 4.69) is 52.5 Å². The van der Waals surface area contributed by atoms with Crippen LogP contribution in [0.3, 0.4) is 0 Å². The molecule has 0 amide bonds. The van der Waals surface area contributed by atoms with Crippen LogP contribution >= 0.6 is 0 Å². The SMILES string of the molecule is C=C1/C(=C\C=C2/CCC[C@]3(C)[C@@H]([C@H](C)/C=C/C(O)C(C)C)CC[C@@H]23)CC(O)CC1O. The summed E-state index contributed by atoms with van der Waals surface area (Å²) in [5, 5.41) is 30.3. The number of fused-ring (bicyclic) bond motifs is 1. The largest absolute Gasteiger partial charge is 0.393 e. The lowest BCUT2D eigenvalue weighted by atomic mass is 9.61. The van der Waals surface area contributed by atoms with E-state index in [1.807, 2.05) is 6.08 Å². The number of hydrogen-bond acceptors (Lipinski definition) is 3. The number of aliphatic hydroxyl groups is 3. The monoisotopic (exact) mass is 414 g/mol. The van der Waals surface area contributed by atoms with E-state index < -0.39 is 12.2 Å². The van der Waals surface area contributed by atoms with Gasteiger partial charge in [-0.2, -0.15) is 0 Å². The minimum absolute atomic E-state index is 0.254. The highest BCUT2D eigenvalue weighted by Gasteiger charge is 2.50. The maximum absolute atomic E-state index is 10.2. The fourth-order valence-corrected chi connectivity index (χ4v) is 6.25. The van der Waals surface area contributed by atoms with Crippen LogP contribution in [0.25, 0.3) is 0 Å². The van der Waals surface area contributed by atoms with Crippen molar-refractivity contribution in [2.45, 2.75) is 91.0 Å². The first-order valence-electron chi connectivity index (χ1n) is 11.9. The molecular weight excluding hydrogens is 372 g/mol. The molecule has 3 heteroatoms. The summed E-state index contributed by atoms with van der Waals surface area (Å²) in [6, 6.07) is 0. The number of allylic oxidation sites excluding steroid dienone is 4. The van der Waals surface area contributed by atoms with Gasteiger partial charge in [-0.1, -0.05) is 64.2 Å². The van der Waals surface area contributed by atoms with Gasteiger partial charge in [0.2, 0.25) is 0 Å². The van der Waals surface area contributed by atoms with Crippen molar-refractivity contribution in [2.75, 3.05) is 0 Å². The first-order chi connectivity index (χ1) is 14.1. The Morgan fingerprint density at radius 2 is 1.83 bits per heavy atom. The van der Waals surface area contributed by atoms with Crippen LogP contribution in [0.2, 0.25) is 0 Å². The summed E-state index contributed by atoms with van der Waals surface area (Å²) in [7, 11) is 0. The predicted octanol–water partition coefficient (Wildman–Crippen LogP) is 5.34. The Hall–Kier alpha value is -1.16. The second-order valence-electron chi connectivity index (χ2n) is 10.6. The molecule has 0 aliphatic heterocycles. The van der Waals surface area contributed by atoms with Gasteiger partial charge in [0.1, 0.15) is 0 Å². The Bertz CT molecular complexity index is 716. The summed E-state index contributed by atoms with van der Waals surface area (Å²) in [6.45, 7) is 13.0. The Kier molecular flexibility index (Phi) is 7.48. The first kappa shape index (κ1) is 23.5. The zero-order valence-electron chi connectivity index (χ0n) is 19.3. The lowest BCUT2D eigenvalue weighted by molar-refractivity contribution is 0.0862. The summed E-state index contributed by atoms with van der Waals surface area (Å²) in [5.74, 6) is 1.96. The number of rotatable bonds is 5. The molecule has 30 heavy (non-hydrogen) atoms. The maximum Gasteiger partial charge on any atom is 0.0811 e. The standard InChI is InChI=1S/C27H42O3/c1-17(2)25(29)13-8-18(3)23-11-12-24-20(7-6-14-27(23,24)5)9-10-21-15-22(28)16-26(30)19(21)4/h8-10,13,17-18,22-26,28-30H,4,6-7,11-12,14-16H2,1-3,5H3/b13-8+,20-9+,21-10-/t18-,22?,23-,24+,25?,26?,27-/m1/s1. The smallest absolute Gasteiger partial charge is 0.0811 e. The molecule has 0 bridgehead atoms. The zero-order chi connectivity index (χ0) is 22.1. The highest BCUT2D eigenvalue weighted by molar-refractivity contribution is 5.38. The summed E-state index contributed by atoms with van der Waals surface area (Å²) < 4.78 is 0. The second kappa shape index (κ2) is 9.54. The molecule has 3 nitrogen and oxygen atoms in total. The van der Waals surface area contributed by atoms with Gasteiger partial charge >= 0.3 is 0 Å². The Morgan fingerprint density at radius 1 is 1.10 bits per heavy atom. The third-order valence-electron chi connectivity index (χ3n) is 8.23. The van der Waals surface area contributed by atoms with Crippen LogP contribution in [0.1, 0.15) is 72.6 Å². The van der Waals surface area contributed by atoms with Gasteiger partial charge in [-0.3, -0.25) is 0 Å². The van der Waals surface area contributed by atoms with Crippen molar-refractivity contribution in [3.8, 4) is 0 Å². The van der Waals surface area contributed by atoms with E-state index in [1.54, 1.807) is 0 Å². The van der Waals surface area contributed by atoms with Crippen molar-refractivity contribution in [2.24, 2.45) is 29.1 Å². The first-order valence-corrected chi connectivity index (χ1v) is 11.9. The Labute approximate surface area is 183 Å². The highest BCUT2D eigenvalue weighted by atomic mass is 16.3. The van der Waals surface area contributed by atoms with Crippen LogP contribution in [0.5, 0.6) is 0 Å². The van der Waals surface area contributed by atoms with Gasteiger partial charge in [-0.15, -0.1) is 0 Å². The molecule has 3 aliphatic rings. The van der Waals surface area contributed by atoms with Crippen molar-refractivity contribution in [3.05, 3.63) is 47.6 Å². The van der Waals surface area contributed by atoms with Crippen molar-refractivity contribution in [1.29, 1.82) is 0 Å². The van der Waals surface area contributed by atoms with Crippen LogP contribution in [-0.4, -0.2) is 33.6 Å². The zero-order valence-corrected chi connectivity index (χ0v) is 19.3. The topological polar surface area (TPSA) is 60.7 Å². The number of hydrogen-bond donors (Lipinski definition) is 3. The minimum Gasteiger partial charge on any atom is -0.393 e. The van der Waals surface area contributed by atoms with Crippen LogP contribution in [0, 0.1) is 29.1 Å². The van der Waals surface area contributed by atoms with Crippen molar-refractivity contribution < 1.29 is 15.3 Å². The van der Waals surface area contributed by atoms with Crippen molar-refractivity contribution >= 4 is 0 Å². The third-order valence-corrected chi connectivity index (χ3v) is 8.23. The summed E-state index contributed by atoms with van der Waals surface area (Å²) in [6.07, 6.45) is 14.3. The lowest BCUT2D eigenvalue weighted by Gasteiger charge is -2.44. The van der Waals surface area contributed by atoms with Gasteiger partial charge in [0.15, 0.2) is 0 Å². The van der Waals surface area contributed by atoms with Crippen LogP contribution in [0.4, 0.5) is 0 Å².